The van der Waals surface area contributed by atoms with Gasteiger partial charge in [-0.2, -0.15) is 0 Å². The van der Waals surface area contributed by atoms with Crippen molar-refractivity contribution < 1.29 is 14.6 Å². The summed E-state index contributed by atoms with van der Waals surface area (Å²) in [6.45, 7) is 5.67. The van der Waals surface area contributed by atoms with Crippen molar-refractivity contribution in [2.75, 3.05) is 7.11 Å². The minimum atomic E-state index is -0.916. The van der Waals surface area contributed by atoms with E-state index in [0.717, 1.165) is 44.5 Å². The number of fused-ring (bicyclic) bond motifs is 1. The van der Waals surface area contributed by atoms with Gasteiger partial charge >= 0.3 is 5.97 Å². The van der Waals surface area contributed by atoms with E-state index in [0.29, 0.717) is 25.3 Å². The Morgan fingerprint density at radius 2 is 1.72 bits per heavy atom. The Bertz CT molecular complexity index is 1270. The molecule has 1 aromatic heterocycles. The zero-order valence-electron chi connectivity index (χ0n) is 18.7. The van der Waals surface area contributed by atoms with Crippen molar-refractivity contribution in [1.29, 1.82) is 0 Å². The number of hydrogen-bond acceptors (Lipinski definition) is 3. The zero-order chi connectivity index (χ0) is 22.7. The minimum Gasteiger partial charge on any atom is -0.496 e. The second-order valence-electron chi connectivity index (χ2n) is 8.08. The Balaban J connectivity index is 1.72. The number of methoxy groups -OCH3 is 1. The molecule has 32 heavy (non-hydrogen) atoms. The first-order valence-corrected chi connectivity index (χ1v) is 10.7. The highest BCUT2D eigenvalue weighted by atomic mass is 16.5. The first-order chi connectivity index (χ1) is 15.5. The van der Waals surface area contributed by atoms with Gasteiger partial charge in [0.2, 0.25) is 0 Å². The van der Waals surface area contributed by atoms with Crippen molar-refractivity contribution in [3.63, 3.8) is 0 Å². The van der Waals surface area contributed by atoms with Crippen molar-refractivity contribution in [1.82, 2.24) is 9.88 Å². The van der Waals surface area contributed by atoms with Gasteiger partial charge in [-0.1, -0.05) is 60.2 Å². The SMILES string of the molecule is COc1ccccc1CNCc1c(C(=O)O)n(Cc2cc(C)ccc2C)c2ccccc12. The fourth-order valence-electron chi connectivity index (χ4n) is 4.27. The molecule has 0 bridgehead atoms. The number of aryl methyl sites for hydroxylation is 2. The standard InChI is InChI=1S/C27H28N2O3/c1-18-12-13-19(2)21(14-18)17-29-24-10-6-5-9-22(24)23(26(29)27(30)31)16-28-15-20-8-4-7-11-25(20)32-3/h4-14,28H,15-17H2,1-3H3,(H,30,31). The Morgan fingerprint density at radius 3 is 2.50 bits per heavy atom. The molecule has 2 N–H and O–H groups in total. The number of carbonyl (C=O) groups is 1. The van der Waals surface area contributed by atoms with E-state index in [4.69, 9.17) is 4.74 Å². The van der Waals surface area contributed by atoms with Crippen LogP contribution in [-0.2, 0) is 19.6 Å². The average Bonchev–Trinajstić information content (AvgIpc) is 3.10. The predicted molar refractivity (Wildman–Crippen MR) is 127 cm³/mol. The van der Waals surface area contributed by atoms with Crippen LogP contribution >= 0.6 is 0 Å². The average molecular weight is 429 g/mol. The number of para-hydroxylation sites is 2. The van der Waals surface area contributed by atoms with Crippen LogP contribution in [0, 0.1) is 13.8 Å². The lowest BCUT2D eigenvalue weighted by Crippen LogP contribution is -2.17. The first-order valence-electron chi connectivity index (χ1n) is 10.7. The largest absolute Gasteiger partial charge is 0.496 e. The second kappa shape index (κ2) is 9.28. The molecule has 0 saturated carbocycles. The molecule has 0 atom stereocenters. The van der Waals surface area contributed by atoms with Crippen molar-refractivity contribution >= 4 is 16.9 Å². The third-order valence-electron chi connectivity index (χ3n) is 5.92. The summed E-state index contributed by atoms with van der Waals surface area (Å²) < 4.78 is 7.36. The quantitative estimate of drug-likeness (QED) is 0.400. The molecule has 5 heteroatoms. The summed E-state index contributed by atoms with van der Waals surface area (Å²) in [7, 11) is 1.66. The lowest BCUT2D eigenvalue weighted by Gasteiger charge is -2.13. The number of ether oxygens (including phenoxy) is 1. The van der Waals surface area contributed by atoms with Gasteiger partial charge in [-0.25, -0.2) is 4.79 Å². The van der Waals surface area contributed by atoms with E-state index in [1.54, 1.807) is 7.11 Å². The topological polar surface area (TPSA) is 63.5 Å². The van der Waals surface area contributed by atoms with Gasteiger partial charge in [-0.3, -0.25) is 0 Å². The summed E-state index contributed by atoms with van der Waals surface area (Å²) in [5, 5.41) is 14.6. The number of nitrogens with one attached hydrogen (secondary N) is 1. The molecule has 1 heterocycles. The van der Waals surface area contributed by atoms with Crippen LogP contribution in [0.5, 0.6) is 5.75 Å². The molecule has 5 nitrogen and oxygen atoms in total. The lowest BCUT2D eigenvalue weighted by atomic mass is 10.1. The highest BCUT2D eigenvalue weighted by Gasteiger charge is 2.22. The monoisotopic (exact) mass is 428 g/mol. The van der Waals surface area contributed by atoms with Crippen LogP contribution in [0.2, 0.25) is 0 Å². The fraction of sp³-hybridized carbons (Fsp3) is 0.222. The normalized spacial score (nSPS) is 11.1. The summed E-state index contributed by atoms with van der Waals surface area (Å²) >= 11 is 0. The lowest BCUT2D eigenvalue weighted by molar-refractivity contribution is 0.0684. The van der Waals surface area contributed by atoms with Gasteiger partial charge in [-0.05, 0) is 37.1 Å². The molecular weight excluding hydrogens is 400 g/mol. The molecule has 0 aliphatic heterocycles. The van der Waals surface area contributed by atoms with E-state index in [1.165, 1.54) is 0 Å². The molecule has 0 saturated heterocycles. The van der Waals surface area contributed by atoms with E-state index in [2.05, 4.69) is 37.4 Å². The molecule has 0 amide bonds. The smallest absolute Gasteiger partial charge is 0.352 e. The van der Waals surface area contributed by atoms with Gasteiger partial charge in [0.15, 0.2) is 0 Å². The van der Waals surface area contributed by atoms with Gasteiger partial charge < -0.3 is 19.7 Å². The van der Waals surface area contributed by atoms with Crippen LogP contribution in [0.4, 0.5) is 0 Å². The number of aromatic nitrogens is 1. The highest BCUT2D eigenvalue weighted by molar-refractivity contribution is 5.98. The van der Waals surface area contributed by atoms with Crippen LogP contribution in [0.3, 0.4) is 0 Å². The number of rotatable bonds is 8. The number of benzene rings is 3. The van der Waals surface area contributed by atoms with E-state index >= 15 is 0 Å². The van der Waals surface area contributed by atoms with Crippen molar-refractivity contribution in [3.8, 4) is 5.75 Å². The maximum Gasteiger partial charge on any atom is 0.352 e. The molecule has 4 rings (SSSR count). The number of nitrogens with zero attached hydrogens (tertiary/aromatic N) is 1. The molecule has 0 unspecified atom stereocenters. The number of aromatic carboxylic acids is 1. The van der Waals surface area contributed by atoms with E-state index in [1.807, 2.05) is 53.1 Å². The van der Waals surface area contributed by atoms with Gasteiger partial charge in [0, 0.05) is 41.7 Å². The van der Waals surface area contributed by atoms with Gasteiger partial charge in [0.25, 0.3) is 0 Å². The molecule has 0 radical (unpaired) electrons. The van der Waals surface area contributed by atoms with E-state index < -0.39 is 5.97 Å². The van der Waals surface area contributed by atoms with Crippen LogP contribution in [-0.4, -0.2) is 22.8 Å². The number of carboxylic acids is 1. The molecule has 0 fully saturated rings. The van der Waals surface area contributed by atoms with E-state index in [-0.39, 0.29) is 0 Å². The molecule has 0 aliphatic carbocycles. The third-order valence-corrected chi connectivity index (χ3v) is 5.92. The van der Waals surface area contributed by atoms with Crippen LogP contribution < -0.4 is 10.1 Å². The van der Waals surface area contributed by atoms with Gasteiger partial charge in [0.1, 0.15) is 11.4 Å². The van der Waals surface area contributed by atoms with Gasteiger partial charge in [-0.15, -0.1) is 0 Å². The maximum atomic E-state index is 12.4. The summed E-state index contributed by atoms with van der Waals surface area (Å²) in [6, 6.07) is 22.1. The minimum absolute atomic E-state index is 0.333. The Morgan fingerprint density at radius 1 is 0.969 bits per heavy atom. The van der Waals surface area contributed by atoms with Crippen LogP contribution in [0.15, 0.2) is 66.7 Å². The van der Waals surface area contributed by atoms with E-state index in [9.17, 15) is 9.90 Å². The molecule has 0 aliphatic rings. The second-order valence-corrected chi connectivity index (χ2v) is 8.08. The van der Waals surface area contributed by atoms with Gasteiger partial charge in [0.05, 0.1) is 7.11 Å². The van der Waals surface area contributed by atoms with Crippen LogP contribution in [0.25, 0.3) is 10.9 Å². The summed E-state index contributed by atoms with van der Waals surface area (Å²) in [5.74, 6) is -0.101. The molecule has 164 valence electrons. The van der Waals surface area contributed by atoms with Crippen LogP contribution in [0.1, 0.15) is 38.3 Å². The summed E-state index contributed by atoms with van der Waals surface area (Å²) in [4.78, 5) is 12.4. The summed E-state index contributed by atoms with van der Waals surface area (Å²) in [5.41, 5.74) is 6.54. The summed E-state index contributed by atoms with van der Waals surface area (Å²) in [6.07, 6.45) is 0. The molecular formula is C27H28N2O3. The third kappa shape index (κ3) is 4.25. The number of hydrogen-bond donors (Lipinski definition) is 2. The molecule has 4 aromatic rings. The first kappa shape index (κ1) is 21.7. The number of carboxylic acid groups (broad SMARTS) is 1. The predicted octanol–water partition coefficient (Wildman–Crippen LogP) is 5.30. The van der Waals surface area contributed by atoms with Crippen molar-refractivity contribution in [3.05, 3.63) is 100 Å². The Kier molecular flexibility index (Phi) is 6.28. The maximum absolute atomic E-state index is 12.4. The fourth-order valence-corrected chi connectivity index (χ4v) is 4.27. The highest BCUT2D eigenvalue weighted by Crippen LogP contribution is 2.28. The molecule has 0 spiro atoms. The zero-order valence-corrected chi connectivity index (χ0v) is 18.7. The Hall–Kier alpha value is -3.57. The van der Waals surface area contributed by atoms with Crippen molar-refractivity contribution in [2.24, 2.45) is 0 Å². The molecule has 3 aromatic carbocycles. The van der Waals surface area contributed by atoms with Crippen molar-refractivity contribution in [2.45, 2.75) is 33.5 Å². The Labute approximate surface area is 188 Å².